The first kappa shape index (κ1) is 9.05. The Hall–Kier alpha value is -0.0400. The average molecular weight is 156 g/mol. The van der Waals surface area contributed by atoms with Gasteiger partial charge < -0.3 is 5.11 Å². The molecule has 1 saturated carbocycles. The van der Waals surface area contributed by atoms with E-state index in [0.717, 1.165) is 25.7 Å². The molecule has 0 aliphatic heterocycles. The summed E-state index contributed by atoms with van der Waals surface area (Å²) in [6, 6.07) is 0. The first-order valence-electron chi connectivity index (χ1n) is 4.64. The van der Waals surface area contributed by atoms with Gasteiger partial charge in [-0.15, -0.1) is 0 Å². The lowest BCUT2D eigenvalue weighted by atomic mass is 9.74. The lowest BCUT2D eigenvalue weighted by Gasteiger charge is -2.38. The molecule has 1 aliphatic rings. The van der Waals surface area contributed by atoms with Gasteiger partial charge >= 0.3 is 0 Å². The van der Waals surface area contributed by atoms with Gasteiger partial charge in [-0.25, -0.2) is 0 Å². The van der Waals surface area contributed by atoms with E-state index in [2.05, 4.69) is 20.8 Å². The molecule has 11 heavy (non-hydrogen) atoms. The molecule has 66 valence electrons. The van der Waals surface area contributed by atoms with E-state index in [1.807, 2.05) is 0 Å². The molecule has 1 nitrogen and oxygen atoms in total. The number of hydrogen-bond donors (Lipinski definition) is 1. The highest BCUT2D eigenvalue weighted by Crippen LogP contribution is 2.38. The summed E-state index contributed by atoms with van der Waals surface area (Å²) in [5, 5.41) is 9.77. The van der Waals surface area contributed by atoms with Crippen LogP contribution in [-0.2, 0) is 0 Å². The van der Waals surface area contributed by atoms with Gasteiger partial charge in [0.15, 0.2) is 0 Å². The summed E-state index contributed by atoms with van der Waals surface area (Å²) >= 11 is 0. The van der Waals surface area contributed by atoms with Crippen molar-refractivity contribution in [2.75, 3.05) is 0 Å². The molecule has 0 bridgehead atoms. The molecular weight excluding hydrogens is 136 g/mol. The van der Waals surface area contributed by atoms with Crippen LogP contribution in [0.3, 0.4) is 0 Å². The van der Waals surface area contributed by atoms with Crippen molar-refractivity contribution in [1.29, 1.82) is 0 Å². The van der Waals surface area contributed by atoms with E-state index < -0.39 is 0 Å². The summed E-state index contributed by atoms with van der Waals surface area (Å²) in [6.07, 6.45) is 5.42. The van der Waals surface area contributed by atoms with Crippen molar-refractivity contribution in [3.8, 4) is 0 Å². The third-order valence-corrected chi connectivity index (χ3v) is 2.62. The Kier molecular flexibility index (Phi) is 2.29. The second-order valence-electron chi connectivity index (χ2n) is 5.14. The molecule has 1 fully saturated rings. The van der Waals surface area contributed by atoms with Gasteiger partial charge in [-0.3, -0.25) is 0 Å². The van der Waals surface area contributed by atoms with Crippen molar-refractivity contribution < 1.29 is 5.11 Å². The van der Waals surface area contributed by atoms with Gasteiger partial charge in [-0.05, 0) is 37.5 Å². The van der Waals surface area contributed by atoms with Crippen LogP contribution in [0.1, 0.15) is 52.9 Å². The van der Waals surface area contributed by atoms with Crippen molar-refractivity contribution >= 4 is 0 Å². The van der Waals surface area contributed by atoms with Gasteiger partial charge in [0.2, 0.25) is 0 Å². The standard InChI is InChI=1S/C10H20O/c1-9(2,3)7-8-10(11)5-4-6-10/h11H,4-8H2,1-3H3. The molecule has 1 rings (SSSR count). The van der Waals surface area contributed by atoms with Crippen molar-refractivity contribution in [1.82, 2.24) is 0 Å². The highest BCUT2D eigenvalue weighted by atomic mass is 16.3. The summed E-state index contributed by atoms with van der Waals surface area (Å²) in [6.45, 7) is 6.69. The third-order valence-electron chi connectivity index (χ3n) is 2.62. The normalized spacial score (nSPS) is 22.9. The highest BCUT2D eigenvalue weighted by Gasteiger charge is 2.34. The maximum atomic E-state index is 9.77. The van der Waals surface area contributed by atoms with Crippen LogP contribution in [0.15, 0.2) is 0 Å². The van der Waals surface area contributed by atoms with Crippen LogP contribution in [0, 0.1) is 5.41 Å². The maximum absolute atomic E-state index is 9.77. The van der Waals surface area contributed by atoms with E-state index >= 15 is 0 Å². The van der Waals surface area contributed by atoms with E-state index in [-0.39, 0.29) is 5.60 Å². The Morgan fingerprint density at radius 3 is 2.09 bits per heavy atom. The number of rotatable bonds is 2. The Morgan fingerprint density at radius 2 is 1.82 bits per heavy atom. The van der Waals surface area contributed by atoms with Crippen LogP contribution in [0.25, 0.3) is 0 Å². The monoisotopic (exact) mass is 156 g/mol. The summed E-state index contributed by atoms with van der Waals surface area (Å²) in [4.78, 5) is 0. The van der Waals surface area contributed by atoms with Crippen LogP contribution >= 0.6 is 0 Å². The lowest BCUT2D eigenvalue weighted by molar-refractivity contribution is -0.0474. The number of aliphatic hydroxyl groups is 1. The molecule has 0 saturated heterocycles. The summed E-state index contributed by atoms with van der Waals surface area (Å²) < 4.78 is 0. The predicted octanol–water partition coefficient (Wildman–Crippen LogP) is 2.73. The topological polar surface area (TPSA) is 20.2 Å². The van der Waals surface area contributed by atoms with Gasteiger partial charge in [-0.1, -0.05) is 20.8 Å². The minimum Gasteiger partial charge on any atom is -0.390 e. The Morgan fingerprint density at radius 1 is 1.27 bits per heavy atom. The zero-order valence-electron chi connectivity index (χ0n) is 7.98. The molecule has 1 N–H and O–H groups in total. The molecule has 0 aromatic heterocycles. The second kappa shape index (κ2) is 2.78. The highest BCUT2D eigenvalue weighted by molar-refractivity contribution is 4.88. The van der Waals surface area contributed by atoms with E-state index in [1.54, 1.807) is 0 Å². The molecule has 1 heteroatoms. The zero-order valence-corrected chi connectivity index (χ0v) is 7.98. The molecule has 0 radical (unpaired) electrons. The summed E-state index contributed by atoms with van der Waals surface area (Å²) in [7, 11) is 0. The van der Waals surface area contributed by atoms with Gasteiger partial charge in [0.25, 0.3) is 0 Å². The minimum absolute atomic E-state index is 0.271. The Labute approximate surface area is 69.8 Å². The molecule has 0 amide bonds. The maximum Gasteiger partial charge on any atom is 0.0648 e. The molecule has 0 aromatic carbocycles. The van der Waals surface area contributed by atoms with E-state index in [9.17, 15) is 5.11 Å². The first-order chi connectivity index (χ1) is 4.91. The van der Waals surface area contributed by atoms with Crippen molar-refractivity contribution in [3.63, 3.8) is 0 Å². The molecule has 0 atom stereocenters. The summed E-state index contributed by atoms with van der Waals surface area (Å²) in [5.41, 5.74) is 0.110. The van der Waals surface area contributed by atoms with Gasteiger partial charge in [0.05, 0.1) is 5.60 Å². The Balaban J connectivity index is 2.21. The van der Waals surface area contributed by atoms with Crippen molar-refractivity contribution in [2.24, 2.45) is 5.41 Å². The van der Waals surface area contributed by atoms with Gasteiger partial charge in [0.1, 0.15) is 0 Å². The van der Waals surface area contributed by atoms with Crippen molar-refractivity contribution in [2.45, 2.75) is 58.5 Å². The molecule has 0 unspecified atom stereocenters. The van der Waals surface area contributed by atoms with E-state index in [4.69, 9.17) is 0 Å². The summed E-state index contributed by atoms with van der Waals surface area (Å²) in [5.74, 6) is 0. The molecule has 1 aliphatic carbocycles. The second-order valence-corrected chi connectivity index (χ2v) is 5.14. The zero-order chi connectivity index (χ0) is 8.54. The van der Waals surface area contributed by atoms with E-state index in [1.165, 1.54) is 6.42 Å². The fraction of sp³-hybridized carbons (Fsp3) is 1.00. The van der Waals surface area contributed by atoms with Gasteiger partial charge in [-0.2, -0.15) is 0 Å². The molecular formula is C10H20O. The van der Waals surface area contributed by atoms with Crippen LogP contribution in [0.5, 0.6) is 0 Å². The molecule has 0 heterocycles. The smallest absolute Gasteiger partial charge is 0.0648 e. The quantitative estimate of drug-likeness (QED) is 0.651. The van der Waals surface area contributed by atoms with Crippen molar-refractivity contribution in [3.05, 3.63) is 0 Å². The molecule has 0 spiro atoms. The van der Waals surface area contributed by atoms with Crippen LogP contribution in [0.2, 0.25) is 0 Å². The van der Waals surface area contributed by atoms with E-state index in [0.29, 0.717) is 5.41 Å². The van der Waals surface area contributed by atoms with Gasteiger partial charge in [0, 0.05) is 0 Å². The lowest BCUT2D eigenvalue weighted by Crippen LogP contribution is -2.37. The fourth-order valence-electron chi connectivity index (χ4n) is 1.44. The average Bonchev–Trinajstić information content (AvgIpc) is 1.77. The SMILES string of the molecule is CC(C)(C)CCC1(O)CCC1. The largest absolute Gasteiger partial charge is 0.390 e. The van der Waals surface area contributed by atoms with Crippen LogP contribution < -0.4 is 0 Å². The fourth-order valence-corrected chi connectivity index (χ4v) is 1.44. The molecule has 0 aromatic rings. The van der Waals surface area contributed by atoms with Crippen LogP contribution in [-0.4, -0.2) is 10.7 Å². The van der Waals surface area contributed by atoms with Crippen LogP contribution in [0.4, 0.5) is 0 Å². The Bertz CT molecular complexity index is 128. The predicted molar refractivity (Wildman–Crippen MR) is 47.5 cm³/mol. The first-order valence-corrected chi connectivity index (χ1v) is 4.64. The number of hydrogen-bond acceptors (Lipinski definition) is 1. The minimum atomic E-state index is -0.271. The third kappa shape index (κ3) is 2.82.